The monoisotopic (exact) mass is 504 g/mol. The first kappa shape index (κ1) is 27.8. The van der Waals surface area contributed by atoms with E-state index in [2.05, 4.69) is 59.2 Å². The molecule has 5 rings (SSSR count). The van der Waals surface area contributed by atoms with Gasteiger partial charge in [0, 0.05) is 23.4 Å². The fourth-order valence-corrected chi connectivity index (χ4v) is 6.15. The lowest BCUT2D eigenvalue weighted by Crippen LogP contribution is -2.32. The van der Waals surface area contributed by atoms with Crippen LogP contribution in [0.4, 0.5) is 0 Å². The molecule has 0 spiro atoms. The SMILES string of the molecule is CC.CC(=O)NC1=C(C)CC=CC=C1.COc1cccc2c1Sc1ccccc1C2C1CCNCC1. The minimum atomic E-state index is -0.0177. The number of hydrogen-bond donors (Lipinski definition) is 2. The summed E-state index contributed by atoms with van der Waals surface area (Å²) in [5.74, 6) is 2.21. The molecule has 2 aromatic carbocycles. The molecule has 2 aliphatic heterocycles. The highest BCUT2D eigenvalue weighted by Crippen LogP contribution is 2.52. The molecule has 1 aliphatic carbocycles. The van der Waals surface area contributed by atoms with Gasteiger partial charge in [0.25, 0.3) is 0 Å². The van der Waals surface area contributed by atoms with Crippen LogP contribution in [0.25, 0.3) is 0 Å². The molecule has 0 radical (unpaired) electrons. The Hall–Kier alpha value is -2.76. The molecule has 5 heteroatoms. The highest BCUT2D eigenvalue weighted by molar-refractivity contribution is 7.99. The lowest BCUT2D eigenvalue weighted by Gasteiger charge is -2.36. The predicted octanol–water partition coefficient (Wildman–Crippen LogP) is 7.23. The highest BCUT2D eigenvalue weighted by Gasteiger charge is 2.34. The van der Waals surface area contributed by atoms with Crippen LogP contribution in [0.2, 0.25) is 0 Å². The van der Waals surface area contributed by atoms with Crippen LogP contribution >= 0.6 is 11.8 Å². The molecule has 2 aromatic rings. The molecular formula is C31H40N2O2S. The van der Waals surface area contributed by atoms with E-state index in [4.69, 9.17) is 4.74 Å². The molecular weight excluding hydrogens is 464 g/mol. The van der Waals surface area contributed by atoms with Gasteiger partial charge in [0.05, 0.1) is 12.0 Å². The Morgan fingerprint density at radius 3 is 2.47 bits per heavy atom. The van der Waals surface area contributed by atoms with Crippen LogP contribution in [0.15, 0.2) is 87.8 Å². The van der Waals surface area contributed by atoms with E-state index in [1.54, 1.807) is 7.11 Å². The van der Waals surface area contributed by atoms with Gasteiger partial charge in [-0.2, -0.15) is 0 Å². The van der Waals surface area contributed by atoms with Crippen molar-refractivity contribution in [3.8, 4) is 5.75 Å². The average Bonchev–Trinajstić information content (AvgIpc) is 3.12. The Morgan fingerprint density at radius 1 is 1.03 bits per heavy atom. The molecule has 36 heavy (non-hydrogen) atoms. The number of nitrogens with one attached hydrogen (secondary N) is 2. The summed E-state index contributed by atoms with van der Waals surface area (Å²) in [7, 11) is 1.77. The molecule has 3 aliphatic rings. The summed E-state index contributed by atoms with van der Waals surface area (Å²) in [6.45, 7) is 9.81. The molecule has 0 saturated carbocycles. The van der Waals surface area contributed by atoms with E-state index in [0.29, 0.717) is 11.8 Å². The van der Waals surface area contributed by atoms with Gasteiger partial charge in [-0.25, -0.2) is 0 Å². The van der Waals surface area contributed by atoms with Crippen LogP contribution < -0.4 is 15.4 Å². The molecule has 1 amide bonds. The van der Waals surface area contributed by atoms with Gasteiger partial charge in [-0.05, 0) is 80.1 Å². The number of benzene rings is 2. The summed E-state index contributed by atoms with van der Waals surface area (Å²) >= 11 is 1.86. The number of hydrogen-bond acceptors (Lipinski definition) is 4. The number of piperidine rings is 1. The van der Waals surface area contributed by atoms with Crippen molar-refractivity contribution in [2.45, 2.75) is 62.7 Å². The van der Waals surface area contributed by atoms with Gasteiger partial charge >= 0.3 is 0 Å². The summed E-state index contributed by atoms with van der Waals surface area (Å²) in [5, 5.41) is 6.28. The Kier molecular flexibility index (Phi) is 10.9. The zero-order chi connectivity index (χ0) is 25.9. The largest absolute Gasteiger partial charge is 0.496 e. The van der Waals surface area contributed by atoms with Crippen LogP contribution in [0.5, 0.6) is 5.75 Å². The molecule has 2 heterocycles. The van der Waals surface area contributed by atoms with Crippen LogP contribution in [0, 0.1) is 5.92 Å². The molecule has 1 saturated heterocycles. The maximum Gasteiger partial charge on any atom is 0.221 e. The third-order valence-electron chi connectivity index (χ3n) is 6.59. The zero-order valence-corrected chi connectivity index (χ0v) is 23.1. The molecule has 1 fully saturated rings. The van der Waals surface area contributed by atoms with E-state index >= 15 is 0 Å². The molecule has 1 unspecified atom stereocenters. The van der Waals surface area contributed by atoms with E-state index in [1.807, 2.05) is 50.8 Å². The van der Waals surface area contributed by atoms with Gasteiger partial charge in [0.15, 0.2) is 0 Å². The lowest BCUT2D eigenvalue weighted by atomic mass is 9.76. The Balaban J connectivity index is 0.000000220. The van der Waals surface area contributed by atoms with Crippen molar-refractivity contribution in [1.29, 1.82) is 0 Å². The Bertz CT molecular complexity index is 1110. The van der Waals surface area contributed by atoms with Crippen LogP contribution in [-0.4, -0.2) is 26.1 Å². The van der Waals surface area contributed by atoms with Gasteiger partial charge in [-0.15, -0.1) is 0 Å². The summed E-state index contributed by atoms with van der Waals surface area (Å²) in [4.78, 5) is 13.5. The van der Waals surface area contributed by atoms with Crippen molar-refractivity contribution in [2.24, 2.45) is 5.92 Å². The molecule has 2 N–H and O–H groups in total. The first-order valence-corrected chi connectivity index (χ1v) is 13.8. The Labute approximate surface area is 221 Å². The van der Waals surface area contributed by atoms with E-state index in [1.165, 1.54) is 46.3 Å². The lowest BCUT2D eigenvalue weighted by molar-refractivity contribution is -0.118. The number of ether oxygens (including phenoxy) is 1. The van der Waals surface area contributed by atoms with Gasteiger partial charge in [-0.1, -0.05) is 74.2 Å². The van der Waals surface area contributed by atoms with Gasteiger partial charge in [-0.3, -0.25) is 4.79 Å². The normalized spacial score (nSPS) is 18.4. The van der Waals surface area contributed by atoms with Crippen molar-refractivity contribution in [2.75, 3.05) is 20.2 Å². The quantitative estimate of drug-likeness (QED) is 0.463. The summed E-state index contributed by atoms with van der Waals surface area (Å²) < 4.78 is 5.63. The van der Waals surface area contributed by atoms with Crippen molar-refractivity contribution >= 4 is 17.7 Å². The van der Waals surface area contributed by atoms with E-state index in [9.17, 15) is 4.79 Å². The van der Waals surface area contributed by atoms with Crippen molar-refractivity contribution in [1.82, 2.24) is 10.6 Å². The maximum absolute atomic E-state index is 10.8. The third kappa shape index (κ3) is 6.92. The number of carbonyl (C=O) groups excluding carboxylic acids is 1. The zero-order valence-electron chi connectivity index (χ0n) is 22.3. The minimum Gasteiger partial charge on any atom is -0.496 e. The minimum absolute atomic E-state index is 0.0177. The second-order valence-electron chi connectivity index (χ2n) is 8.95. The molecule has 4 nitrogen and oxygen atoms in total. The second-order valence-corrected chi connectivity index (χ2v) is 10.0. The fourth-order valence-electron chi connectivity index (χ4n) is 4.91. The number of allylic oxidation sites excluding steroid dienone is 5. The van der Waals surface area contributed by atoms with Crippen LogP contribution in [0.1, 0.15) is 64.0 Å². The van der Waals surface area contributed by atoms with Crippen molar-refractivity contribution in [3.63, 3.8) is 0 Å². The maximum atomic E-state index is 10.8. The summed E-state index contributed by atoms with van der Waals surface area (Å²) in [5.41, 5.74) is 5.07. The first-order chi connectivity index (χ1) is 17.6. The second kappa shape index (κ2) is 14.1. The number of fused-ring (bicyclic) bond motifs is 2. The van der Waals surface area contributed by atoms with Crippen LogP contribution in [-0.2, 0) is 4.79 Å². The fraction of sp³-hybridized carbons (Fsp3) is 0.387. The van der Waals surface area contributed by atoms with Crippen LogP contribution in [0.3, 0.4) is 0 Å². The average molecular weight is 505 g/mol. The van der Waals surface area contributed by atoms with Gasteiger partial charge in [0.1, 0.15) is 5.75 Å². The van der Waals surface area contributed by atoms with Crippen molar-refractivity contribution < 1.29 is 9.53 Å². The van der Waals surface area contributed by atoms with Crippen molar-refractivity contribution in [3.05, 3.63) is 89.2 Å². The highest BCUT2D eigenvalue weighted by atomic mass is 32.2. The van der Waals surface area contributed by atoms with E-state index < -0.39 is 0 Å². The predicted molar refractivity (Wildman–Crippen MR) is 152 cm³/mol. The number of rotatable bonds is 3. The number of carbonyl (C=O) groups is 1. The van der Waals surface area contributed by atoms with Gasteiger partial charge in [0.2, 0.25) is 5.91 Å². The van der Waals surface area contributed by atoms with E-state index in [-0.39, 0.29) is 5.91 Å². The molecule has 0 aromatic heterocycles. The first-order valence-electron chi connectivity index (χ1n) is 13.0. The number of methoxy groups -OCH3 is 1. The third-order valence-corrected chi connectivity index (χ3v) is 7.82. The smallest absolute Gasteiger partial charge is 0.221 e. The van der Waals surface area contributed by atoms with Gasteiger partial charge < -0.3 is 15.4 Å². The number of amides is 1. The molecule has 1 atom stereocenters. The standard InChI is InChI=1S/C19H21NOS.C10H13NO.C2H6/c1-21-16-7-4-6-15-18(13-9-11-20-12-10-13)14-5-2-3-8-17(14)22-19(15)16;1-8-6-4-3-5-7-10(8)11-9(2)12;1-2/h2-8,13,18,20H,9-12H2,1H3;3-5,7H,6H2,1-2H3,(H,11,12);1-2H3. The topological polar surface area (TPSA) is 50.4 Å². The van der Waals surface area contributed by atoms with E-state index in [0.717, 1.165) is 31.0 Å². The molecule has 192 valence electrons. The Morgan fingerprint density at radius 2 is 1.75 bits per heavy atom. The summed E-state index contributed by atoms with van der Waals surface area (Å²) in [6.07, 6.45) is 11.3. The summed E-state index contributed by atoms with van der Waals surface area (Å²) in [6, 6.07) is 15.4. The molecule has 0 bridgehead atoms.